The summed E-state index contributed by atoms with van der Waals surface area (Å²) in [6, 6.07) is 14.7. The maximum atomic E-state index is 6.01. The highest BCUT2D eigenvalue weighted by atomic mass is 32.2. The molecule has 0 amide bonds. The first-order valence-electron chi connectivity index (χ1n) is 7.09. The van der Waals surface area contributed by atoms with Gasteiger partial charge in [0, 0.05) is 23.6 Å². The molecule has 0 aliphatic rings. The molecule has 108 valence electrons. The lowest BCUT2D eigenvalue weighted by molar-refractivity contribution is 0.705. The van der Waals surface area contributed by atoms with Crippen LogP contribution in [0.5, 0.6) is 0 Å². The van der Waals surface area contributed by atoms with Gasteiger partial charge in [0.05, 0.1) is 5.69 Å². The Labute approximate surface area is 129 Å². The van der Waals surface area contributed by atoms with Gasteiger partial charge in [-0.2, -0.15) is 0 Å². The average molecular weight is 297 g/mol. The zero-order valence-electron chi connectivity index (χ0n) is 12.3. The van der Waals surface area contributed by atoms with Crippen molar-refractivity contribution in [3.8, 4) is 0 Å². The van der Waals surface area contributed by atoms with E-state index in [1.165, 1.54) is 16.2 Å². The summed E-state index contributed by atoms with van der Waals surface area (Å²) in [5.41, 5.74) is 9.43. The number of rotatable bonds is 4. The zero-order chi connectivity index (χ0) is 14.8. The monoisotopic (exact) mass is 297 g/mol. The maximum Gasteiger partial charge on any atom is 0.138 e. The highest BCUT2D eigenvalue weighted by Crippen LogP contribution is 2.31. The lowest BCUT2D eigenvalue weighted by Gasteiger charge is -2.08. The molecular weight excluding hydrogens is 278 g/mol. The number of hydrogen-bond acceptors (Lipinski definition) is 3. The molecule has 0 aliphatic carbocycles. The van der Waals surface area contributed by atoms with Crippen molar-refractivity contribution >= 4 is 17.4 Å². The Morgan fingerprint density at radius 1 is 1.24 bits per heavy atom. The summed E-state index contributed by atoms with van der Waals surface area (Å²) in [6.07, 6.45) is 2.87. The molecule has 0 fully saturated rings. The Morgan fingerprint density at radius 3 is 2.86 bits per heavy atom. The van der Waals surface area contributed by atoms with Gasteiger partial charge < -0.3 is 10.1 Å². The van der Waals surface area contributed by atoms with Crippen LogP contribution < -0.4 is 5.73 Å². The number of aryl methyl sites for hydroxylation is 1. The fourth-order valence-electron chi connectivity index (χ4n) is 2.39. The predicted molar refractivity (Wildman–Crippen MR) is 87.8 cm³/mol. The highest BCUT2D eigenvalue weighted by Gasteiger charge is 2.14. The normalized spacial score (nSPS) is 12.7. The molecule has 0 radical (unpaired) electrons. The smallest absolute Gasteiger partial charge is 0.138 e. The van der Waals surface area contributed by atoms with E-state index < -0.39 is 0 Å². The van der Waals surface area contributed by atoms with Crippen LogP contribution in [-0.4, -0.2) is 15.4 Å². The number of hydrogen-bond donors (Lipinski definition) is 1. The second-order valence-electron chi connectivity index (χ2n) is 5.39. The SMILES string of the molecule is Cc1cccc(Sc2nc3ccccn3c2CC(C)N)c1. The maximum absolute atomic E-state index is 6.01. The van der Waals surface area contributed by atoms with Gasteiger partial charge in [-0.15, -0.1) is 0 Å². The molecule has 2 aromatic heterocycles. The molecule has 3 aromatic rings. The molecule has 21 heavy (non-hydrogen) atoms. The van der Waals surface area contributed by atoms with Gasteiger partial charge >= 0.3 is 0 Å². The Morgan fingerprint density at radius 2 is 2.10 bits per heavy atom. The van der Waals surface area contributed by atoms with Crippen LogP contribution in [0.4, 0.5) is 0 Å². The standard InChI is InChI=1S/C17H19N3S/c1-12-6-5-7-14(10-12)21-17-15(11-13(2)18)20-9-4-3-8-16(20)19-17/h3-10,13H,11,18H2,1-2H3. The lowest BCUT2D eigenvalue weighted by Crippen LogP contribution is -2.19. The Bertz CT molecular complexity index is 762. The summed E-state index contributed by atoms with van der Waals surface area (Å²) >= 11 is 1.71. The van der Waals surface area contributed by atoms with Crippen LogP contribution in [0.15, 0.2) is 58.6 Å². The van der Waals surface area contributed by atoms with Crippen molar-refractivity contribution in [2.45, 2.75) is 36.2 Å². The van der Waals surface area contributed by atoms with Crippen LogP contribution in [0.1, 0.15) is 18.2 Å². The van der Waals surface area contributed by atoms with Crippen LogP contribution in [0.25, 0.3) is 5.65 Å². The first-order valence-corrected chi connectivity index (χ1v) is 7.91. The third kappa shape index (κ3) is 3.12. The van der Waals surface area contributed by atoms with E-state index in [9.17, 15) is 0 Å². The van der Waals surface area contributed by atoms with Crippen LogP contribution in [0.2, 0.25) is 0 Å². The van der Waals surface area contributed by atoms with Gasteiger partial charge in [0.15, 0.2) is 0 Å². The summed E-state index contributed by atoms with van der Waals surface area (Å²) in [5, 5.41) is 1.05. The zero-order valence-corrected chi connectivity index (χ0v) is 13.1. The van der Waals surface area contributed by atoms with E-state index in [1.807, 2.05) is 25.1 Å². The molecule has 0 saturated heterocycles. The van der Waals surface area contributed by atoms with E-state index in [4.69, 9.17) is 10.7 Å². The molecule has 3 rings (SSSR count). The first-order chi connectivity index (χ1) is 10.1. The van der Waals surface area contributed by atoms with Crippen LogP contribution in [0.3, 0.4) is 0 Å². The van der Waals surface area contributed by atoms with Crippen molar-refractivity contribution in [2.24, 2.45) is 5.73 Å². The number of benzene rings is 1. The van der Waals surface area contributed by atoms with Gasteiger partial charge in [0.1, 0.15) is 10.7 Å². The number of aromatic nitrogens is 2. The third-order valence-electron chi connectivity index (χ3n) is 3.31. The van der Waals surface area contributed by atoms with Gasteiger partial charge in [0.2, 0.25) is 0 Å². The van der Waals surface area contributed by atoms with E-state index in [2.05, 4.69) is 41.8 Å². The Balaban J connectivity index is 2.04. The van der Waals surface area contributed by atoms with Crippen molar-refractivity contribution in [1.29, 1.82) is 0 Å². The predicted octanol–water partition coefficient (Wildman–Crippen LogP) is 3.68. The second-order valence-corrected chi connectivity index (χ2v) is 6.45. The van der Waals surface area contributed by atoms with Crippen molar-refractivity contribution in [1.82, 2.24) is 9.38 Å². The van der Waals surface area contributed by atoms with Gasteiger partial charge in [-0.05, 0) is 38.1 Å². The minimum Gasteiger partial charge on any atom is -0.328 e. The van der Waals surface area contributed by atoms with Crippen LogP contribution in [0, 0.1) is 6.92 Å². The highest BCUT2D eigenvalue weighted by molar-refractivity contribution is 7.99. The number of fused-ring (bicyclic) bond motifs is 1. The Kier molecular flexibility index (Phi) is 3.99. The summed E-state index contributed by atoms with van der Waals surface area (Å²) in [5.74, 6) is 0. The number of nitrogens with two attached hydrogens (primary N) is 1. The molecular formula is C17H19N3S. The minimum absolute atomic E-state index is 0.113. The van der Waals surface area contributed by atoms with Crippen molar-refractivity contribution in [2.75, 3.05) is 0 Å². The molecule has 0 aliphatic heterocycles. The van der Waals surface area contributed by atoms with Crippen molar-refractivity contribution < 1.29 is 0 Å². The first kappa shape index (κ1) is 14.2. The second kappa shape index (κ2) is 5.92. The Hall–Kier alpha value is -1.78. The summed E-state index contributed by atoms with van der Waals surface area (Å²) < 4.78 is 2.14. The van der Waals surface area contributed by atoms with Crippen molar-refractivity contribution in [3.63, 3.8) is 0 Å². The van der Waals surface area contributed by atoms with E-state index in [0.717, 1.165) is 17.1 Å². The topological polar surface area (TPSA) is 43.3 Å². The van der Waals surface area contributed by atoms with Gasteiger partial charge in [-0.25, -0.2) is 4.98 Å². The molecule has 0 spiro atoms. The van der Waals surface area contributed by atoms with E-state index in [0.29, 0.717) is 0 Å². The largest absolute Gasteiger partial charge is 0.328 e. The molecule has 1 unspecified atom stereocenters. The van der Waals surface area contributed by atoms with Crippen LogP contribution >= 0.6 is 11.8 Å². The van der Waals surface area contributed by atoms with Crippen molar-refractivity contribution in [3.05, 3.63) is 59.9 Å². The van der Waals surface area contributed by atoms with Gasteiger partial charge in [0.25, 0.3) is 0 Å². The van der Waals surface area contributed by atoms with Gasteiger partial charge in [-0.3, -0.25) is 0 Å². The minimum atomic E-state index is 0.113. The van der Waals surface area contributed by atoms with E-state index in [-0.39, 0.29) is 6.04 Å². The number of nitrogens with zero attached hydrogens (tertiary/aromatic N) is 2. The number of pyridine rings is 1. The molecule has 0 saturated carbocycles. The average Bonchev–Trinajstić information content (AvgIpc) is 2.76. The molecule has 3 nitrogen and oxygen atoms in total. The molecule has 0 bridgehead atoms. The molecule has 2 N–H and O–H groups in total. The summed E-state index contributed by atoms with van der Waals surface area (Å²) in [6.45, 7) is 4.14. The lowest BCUT2D eigenvalue weighted by atomic mass is 10.2. The molecule has 1 aromatic carbocycles. The summed E-state index contributed by atoms with van der Waals surface area (Å²) in [7, 11) is 0. The number of imidazole rings is 1. The third-order valence-corrected chi connectivity index (χ3v) is 4.32. The fourth-order valence-corrected chi connectivity index (χ4v) is 3.44. The summed E-state index contributed by atoms with van der Waals surface area (Å²) in [4.78, 5) is 5.97. The van der Waals surface area contributed by atoms with Crippen LogP contribution in [-0.2, 0) is 6.42 Å². The van der Waals surface area contributed by atoms with Gasteiger partial charge in [-0.1, -0.05) is 35.5 Å². The quantitative estimate of drug-likeness (QED) is 0.799. The molecule has 1 atom stereocenters. The molecule has 4 heteroatoms. The molecule has 2 heterocycles. The van der Waals surface area contributed by atoms with E-state index >= 15 is 0 Å². The van der Waals surface area contributed by atoms with E-state index in [1.54, 1.807) is 11.8 Å². The fraction of sp³-hybridized carbons (Fsp3) is 0.235.